The van der Waals surface area contributed by atoms with Crippen molar-refractivity contribution in [2.75, 3.05) is 24.3 Å². The fourth-order valence-electron chi connectivity index (χ4n) is 2.78. The summed E-state index contributed by atoms with van der Waals surface area (Å²) in [5, 5.41) is 6.62. The predicted molar refractivity (Wildman–Crippen MR) is 106 cm³/mol. The van der Waals surface area contributed by atoms with Gasteiger partial charge in [0.15, 0.2) is 0 Å². The van der Waals surface area contributed by atoms with Crippen molar-refractivity contribution in [1.82, 2.24) is 9.97 Å². The molecule has 0 atom stereocenters. The molecule has 0 aliphatic rings. The lowest BCUT2D eigenvalue weighted by Crippen LogP contribution is -2.09. The van der Waals surface area contributed by atoms with Crippen LogP contribution < -0.4 is 15.4 Å². The summed E-state index contributed by atoms with van der Waals surface area (Å²) in [6.45, 7) is 3.56. The molecule has 0 saturated heterocycles. The van der Waals surface area contributed by atoms with Gasteiger partial charge in [0.2, 0.25) is 5.95 Å². The number of para-hydroxylation sites is 1. The maximum Gasteiger partial charge on any atom is 0.224 e. The van der Waals surface area contributed by atoms with Crippen LogP contribution in [0.1, 0.15) is 16.7 Å². The number of methoxy groups -OCH3 is 1. The van der Waals surface area contributed by atoms with Crippen LogP contribution in [0.25, 0.3) is 0 Å². The van der Waals surface area contributed by atoms with Gasteiger partial charge in [-0.25, -0.2) is 4.98 Å². The number of anilines is 2. The highest BCUT2D eigenvalue weighted by atomic mass is 16.5. The largest absolute Gasteiger partial charge is 0.496 e. The molecule has 134 valence electrons. The first-order valence-electron chi connectivity index (χ1n) is 8.73. The van der Waals surface area contributed by atoms with E-state index in [0.29, 0.717) is 12.5 Å². The lowest BCUT2D eigenvalue weighted by Gasteiger charge is -2.10. The Bertz CT molecular complexity index is 851. The van der Waals surface area contributed by atoms with Crippen LogP contribution in [0.15, 0.2) is 60.8 Å². The molecule has 1 aromatic heterocycles. The minimum absolute atomic E-state index is 0.619. The number of rotatable bonds is 8. The van der Waals surface area contributed by atoms with Crippen molar-refractivity contribution in [3.8, 4) is 5.75 Å². The van der Waals surface area contributed by atoms with Crippen molar-refractivity contribution >= 4 is 11.8 Å². The lowest BCUT2D eigenvalue weighted by atomic mass is 10.1. The van der Waals surface area contributed by atoms with Gasteiger partial charge >= 0.3 is 0 Å². The van der Waals surface area contributed by atoms with Gasteiger partial charge in [0.25, 0.3) is 0 Å². The minimum Gasteiger partial charge on any atom is -0.496 e. The standard InChI is InChI=1S/C21H24N4O/c1-16-6-5-7-17(14-16)15-24-21-23-13-11-20(25-21)22-12-10-18-8-3-4-9-19(18)26-2/h3-9,11,13-14H,10,12,15H2,1-2H3,(H2,22,23,24,25). The van der Waals surface area contributed by atoms with E-state index in [-0.39, 0.29) is 0 Å². The zero-order valence-corrected chi connectivity index (χ0v) is 15.2. The smallest absolute Gasteiger partial charge is 0.224 e. The summed E-state index contributed by atoms with van der Waals surface area (Å²) < 4.78 is 5.39. The van der Waals surface area contributed by atoms with Crippen LogP contribution >= 0.6 is 0 Å². The van der Waals surface area contributed by atoms with E-state index in [4.69, 9.17) is 4.74 Å². The number of hydrogen-bond acceptors (Lipinski definition) is 5. The molecule has 0 radical (unpaired) electrons. The van der Waals surface area contributed by atoms with Gasteiger partial charge in [-0.1, -0.05) is 48.0 Å². The number of aromatic nitrogens is 2. The Morgan fingerprint density at radius 3 is 2.73 bits per heavy atom. The Morgan fingerprint density at radius 1 is 1.00 bits per heavy atom. The fraction of sp³-hybridized carbons (Fsp3) is 0.238. The van der Waals surface area contributed by atoms with Crippen LogP contribution in [-0.2, 0) is 13.0 Å². The van der Waals surface area contributed by atoms with E-state index in [0.717, 1.165) is 24.5 Å². The number of ether oxygens (including phenoxy) is 1. The van der Waals surface area contributed by atoms with Crippen molar-refractivity contribution in [3.63, 3.8) is 0 Å². The van der Waals surface area contributed by atoms with Crippen molar-refractivity contribution in [1.29, 1.82) is 0 Å². The molecule has 3 aromatic rings. The molecule has 0 fully saturated rings. The summed E-state index contributed by atoms with van der Waals surface area (Å²) in [7, 11) is 1.70. The van der Waals surface area contributed by atoms with E-state index in [1.54, 1.807) is 13.3 Å². The third kappa shape index (κ3) is 4.96. The van der Waals surface area contributed by atoms with Crippen LogP contribution in [0.5, 0.6) is 5.75 Å². The molecule has 0 aliphatic heterocycles. The van der Waals surface area contributed by atoms with Crippen LogP contribution in [0.4, 0.5) is 11.8 Å². The average Bonchev–Trinajstić information content (AvgIpc) is 2.67. The van der Waals surface area contributed by atoms with Gasteiger partial charge in [-0.3, -0.25) is 0 Å². The monoisotopic (exact) mass is 348 g/mol. The molecule has 1 heterocycles. The average molecular weight is 348 g/mol. The Labute approximate surface area is 154 Å². The molecule has 5 heteroatoms. The number of hydrogen-bond donors (Lipinski definition) is 2. The van der Waals surface area contributed by atoms with Crippen molar-refractivity contribution < 1.29 is 4.74 Å². The van der Waals surface area contributed by atoms with Crippen molar-refractivity contribution in [2.24, 2.45) is 0 Å². The minimum atomic E-state index is 0.619. The first-order valence-corrected chi connectivity index (χ1v) is 8.73. The molecule has 2 aromatic carbocycles. The van der Waals surface area contributed by atoms with Crippen molar-refractivity contribution in [3.05, 3.63) is 77.5 Å². The third-order valence-corrected chi connectivity index (χ3v) is 4.08. The second-order valence-electron chi connectivity index (χ2n) is 6.10. The summed E-state index contributed by atoms with van der Waals surface area (Å²) in [6.07, 6.45) is 2.62. The van der Waals surface area contributed by atoms with E-state index in [1.165, 1.54) is 16.7 Å². The van der Waals surface area contributed by atoms with Crippen LogP contribution in [0.2, 0.25) is 0 Å². The number of nitrogens with one attached hydrogen (secondary N) is 2. The molecular formula is C21H24N4O. The predicted octanol–water partition coefficient (Wildman–Crippen LogP) is 4.06. The molecule has 0 unspecified atom stereocenters. The van der Waals surface area contributed by atoms with Crippen LogP contribution in [0, 0.1) is 6.92 Å². The summed E-state index contributed by atoms with van der Waals surface area (Å²) >= 11 is 0. The number of nitrogens with zero attached hydrogens (tertiary/aromatic N) is 2. The molecule has 0 spiro atoms. The van der Waals surface area contributed by atoms with Gasteiger partial charge in [0.1, 0.15) is 11.6 Å². The first-order chi connectivity index (χ1) is 12.7. The molecule has 0 aliphatic carbocycles. The molecule has 0 saturated carbocycles. The molecule has 0 bridgehead atoms. The maximum absolute atomic E-state index is 5.39. The van der Waals surface area contributed by atoms with Gasteiger partial charge in [-0.15, -0.1) is 0 Å². The Kier molecular flexibility index (Phi) is 6.04. The topological polar surface area (TPSA) is 59.1 Å². The maximum atomic E-state index is 5.39. The van der Waals surface area contributed by atoms with Crippen LogP contribution in [0.3, 0.4) is 0 Å². The second-order valence-corrected chi connectivity index (χ2v) is 6.10. The summed E-state index contributed by atoms with van der Waals surface area (Å²) in [5.41, 5.74) is 3.63. The Morgan fingerprint density at radius 2 is 1.88 bits per heavy atom. The Hall–Kier alpha value is -3.08. The quantitative estimate of drug-likeness (QED) is 0.643. The summed E-state index contributed by atoms with van der Waals surface area (Å²) in [6, 6.07) is 18.3. The molecular weight excluding hydrogens is 324 g/mol. The molecule has 3 rings (SSSR count). The van der Waals surface area contributed by atoms with Crippen molar-refractivity contribution in [2.45, 2.75) is 19.9 Å². The van der Waals surface area contributed by atoms with E-state index in [2.05, 4.69) is 57.9 Å². The molecule has 26 heavy (non-hydrogen) atoms. The van der Waals surface area contributed by atoms with Gasteiger partial charge < -0.3 is 15.4 Å². The summed E-state index contributed by atoms with van der Waals surface area (Å²) in [4.78, 5) is 8.81. The fourth-order valence-corrected chi connectivity index (χ4v) is 2.78. The Balaban J connectivity index is 1.54. The third-order valence-electron chi connectivity index (χ3n) is 4.08. The normalized spacial score (nSPS) is 10.4. The molecule has 0 amide bonds. The van der Waals surface area contributed by atoms with Gasteiger partial charge in [0, 0.05) is 19.3 Å². The molecule has 5 nitrogen and oxygen atoms in total. The van der Waals surface area contributed by atoms with E-state index in [1.807, 2.05) is 24.3 Å². The van der Waals surface area contributed by atoms with E-state index in [9.17, 15) is 0 Å². The van der Waals surface area contributed by atoms with Gasteiger partial charge in [-0.05, 0) is 36.6 Å². The van der Waals surface area contributed by atoms with E-state index >= 15 is 0 Å². The van der Waals surface area contributed by atoms with Gasteiger partial charge in [0.05, 0.1) is 7.11 Å². The highest BCUT2D eigenvalue weighted by Gasteiger charge is 2.03. The zero-order chi connectivity index (χ0) is 18.2. The molecule has 2 N–H and O–H groups in total. The second kappa shape index (κ2) is 8.85. The summed E-state index contributed by atoms with van der Waals surface area (Å²) in [5.74, 6) is 2.34. The first kappa shape index (κ1) is 17.7. The van der Waals surface area contributed by atoms with Gasteiger partial charge in [-0.2, -0.15) is 4.98 Å². The number of benzene rings is 2. The van der Waals surface area contributed by atoms with Crippen LogP contribution in [-0.4, -0.2) is 23.6 Å². The SMILES string of the molecule is COc1ccccc1CCNc1ccnc(NCc2cccc(C)c2)n1. The zero-order valence-electron chi connectivity index (χ0n) is 15.2. The highest BCUT2D eigenvalue weighted by molar-refractivity contribution is 5.41. The van der Waals surface area contributed by atoms with E-state index < -0.39 is 0 Å². The lowest BCUT2D eigenvalue weighted by molar-refractivity contribution is 0.410. The highest BCUT2D eigenvalue weighted by Crippen LogP contribution is 2.18. The number of aryl methyl sites for hydroxylation is 1.